The van der Waals surface area contributed by atoms with Gasteiger partial charge in [-0.3, -0.25) is 10.1 Å². The predicted molar refractivity (Wildman–Crippen MR) is 131 cm³/mol. The Morgan fingerprint density at radius 2 is 1.88 bits per heavy atom. The number of para-hydroxylation sites is 1. The van der Waals surface area contributed by atoms with Crippen LogP contribution in [-0.2, 0) is 10.0 Å². The van der Waals surface area contributed by atoms with Crippen LogP contribution in [0.25, 0.3) is 22.2 Å². The second-order valence-electron chi connectivity index (χ2n) is 8.25. The molecule has 7 nitrogen and oxygen atoms in total. The van der Waals surface area contributed by atoms with Crippen LogP contribution in [-0.4, -0.2) is 41.7 Å². The summed E-state index contributed by atoms with van der Waals surface area (Å²) in [5, 5.41) is 6.31. The number of carbonyl (C=O) groups is 1. The van der Waals surface area contributed by atoms with Crippen molar-refractivity contribution in [3.63, 3.8) is 0 Å². The second-order valence-corrected chi connectivity index (χ2v) is 11.0. The summed E-state index contributed by atoms with van der Waals surface area (Å²) in [4.78, 5) is 21.2. The molecule has 2 aromatic carbocycles. The number of nitrogens with zero attached hydrogens (tertiary/aromatic N) is 2. The molecular weight excluding hydrogens is 456 g/mol. The summed E-state index contributed by atoms with van der Waals surface area (Å²) in [7, 11) is -3.60. The van der Waals surface area contributed by atoms with Gasteiger partial charge in [-0.2, -0.15) is 4.31 Å². The minimum atomic E-state index is -3.60. The number of benzene rings is 2. The molecule has 33 heavy (non-hydrogen) atoms. The summed E-state index contributed by atoms with van der Waals surface area (Å²) in [5.74, 6) is -0.373. The highest BCUT2D eigenvalue weighted by molar-refractivity contribution is 7.89. The number of thiazole rings is 1. The van der Waals surface area contributed by atoms with Crippen LogP contribution < -0.4 is 5.32 Å². The normalized spacial score (nSPS) is 14.7. The zero-order chi connectivity index (χ0) is 23.2. The van der Waals surface area contributed by atoms with Gasteiger partial charge in [0.1, 0.15) is 0 Å². The number of nitrogens with one attached hydrogen (secondary N) is 2. The average molecular weight is 481 g/mol. The number of aryl methyl sites for hydroxylation is 2. The molecule has 0 spiro atoms. The van der Waals surface area contributed by atoms with Crippen LogP contribution in [0.2, 0.25) is 0 Å². The number of sulfonamides is 1. The molecular formula is C24H24N4O3S2. The fourth-order valence-electron chi connectivity index (χ4n) is 4.30. The highest BCUT2D eigenvalue weighted by Crippen LogP contribution is 2.34. The van der Waals surface area contributed by atoms with Crippen molar-refractivity contribution in [2.45, 2.75) is 31.6 Å². The Labute approximate surface area is 196 Å². The van der Waals surface area contributed by atoms with Gasteiger partial charge >= 0.3 is 0 Å². The third-order valence-electron chi connectivity index (χ3n) is 6.03. The van der Waals surface area contributed by atoms with Crippen LogP contribution in [0, 0.1) is 13.8 Å². The van der Waals surface area contributed by atoms with Gasteiger partial charge in [0.15, 0.2) is 5.13 Å². The number of aromatic nitrogens is 2. The molecule has 0 atom stereocenters. The summed E-state index contributed by atoms with van der Waals surface area (Å²) in [6, 6.07) is 12.8. The van der Waals surface area contributed by atoms with Gasteiger partial charge in [-0.25, -0.2) is 13.4 Å². The van der Waals surface area contributed by atoms with Crippen LogP contribution in [0.5, 0.6) is 0 Å². The Kier molecular flexibility index (Phi) is 5.55. The Morgan fingerprint density at radius 3 is 2.67 bits per heavy atom. The van der Waals surface area contributed by atoms with Gasteiger partial charge in [0.2, 0.25) is 10.0 Å². The fourth-order valence-corrected chi connectivity index (χ4v) is 6.54. The number of rotatable bonds is 5. The molecule has 1 aliphatic heterocycles. The number of carbonyl (C=O) groups excluding carboxylic acids is 1. The first-order valence-electron chi connectivity index (χ1n) is 10.8. The zero-order valence-corrected chi connectivity index (χ0v) is 20.0. The summed E-state index contributed by atoms with van der Waals surface area (Å²) in [5.41, 5.74) is 4.88. The van der Waals surface area contributed by atoms with E-state index in [1.807, 2.05) is 36.6 Å². The largest absolute Gasteiger partial charge is 0.358 e. The van der Waals surface area contributed by atoms with Gasteiger partial charge in [-0.1, -0.05) is 24.3 Å². The van der Waals surface area contributed by atoms with Crippen molar-refractivity contribution < 1.29 is 13.2 Å². The Balaban J connectivity index is 1.42. The van der Waals surface area contributed by atoms with Gasteiger partial charge in [0.25, 0.3) is 5.91 Å². The maximum Gasteiger partial charge on any atom is 0.257 e. The van der Waals surface area contributed by atoms with Crippen molar-refractivity contribution in [2.75, 3.05) is 18.4 Å². The van der Waals surface area contributed by atoms with Crippen LogP contribution >= 0.6 is 11.3 Å². The number of hydrogen-bond acceptors (Lipinski definition) is 5. The van der Waals surface area contributed by atoms with Crippen LogP contribution in [0.15, 0.2) is 52.7 Å². The minimum Gasteiger partial charge on any atom is -0.358 e. The van der Waals surface area contributed by atoms with Crippen molar-refractivity contribution in [1.82, 2.24) is 14.3 Å². The van der Waals surface area contributed by atoms with E-state index >= 15 is 0 Å². The minimum absolute atomic E-state index is 0.148. The van der Waals surface area contributed by atoms with Gasteiger partial charge in [-0.05, 0) is 50.5 Å². The number of hydrogen-bond donors (Lipinski definition) is 2. The molecule has 0 aliphatic carbocycles. The lowest BCUT2D eigenvalue weighted by Gasteiger charge is -2.16. The Bertz CT molecular complexity index is 1460. The van der Waals surface area contributed by atoms with E-state index in [0.717, 1.165) is 40.7 Å². The van der Waals surface area contributed by atoms with Crippen LogP contribution in [0.3, 0.4) is 0 Å². The molecule has 170 valence electrons. The molecule has 0 unspecified atom stereocenters. The SMILES string of the molecule is Cc1ccc(S(=O)(=O)N2CCCC2)cc1C(=O)Nc1nc(-c2c(C)[nH]c3ccccc23)cs1. The van der Waals surface area contributed by atoms with Crippen LogP contribution in [0.4, 0.5) is 5.13 Å². The third kappa shape index (κ3) is 3.96. The molecule has 5 rings (SSSR count). The molecule has 2 aromatic heterocycles. The monoisotopic (exact) mass is 480 g/mol. The Morgan fingerprint density at radius 1 is 1.12 bits per heavy atom. The molecule has 1 saturated heterocycles. The van der Waals surface area contributed by atoms with Gasteiger partial charge < -0.3 is 4.98 Å². The summed E-state index contributed by atoms with van der Waals surface area (Å²) < 4.78 is 27.3. The first kappa shape index (κ1) is 21.8. The predicted octanol–water partition coefficient (Wildman–Crippen LogP) is 4.95. The van der Waals surface area contributed by atoms with Gasteiger partial charge in [0.05, 0.1) is 10.6 Å². The summed E-state index contributed by atoms with van der Waals surface area (Å²) in [6.45, 7) is 4.84. The quantitative estimate of drug-likeness (QED) is 0.423. The molecule has 1 amide bonds. The van der Waals surface area contributed by atoms with Crippen molar-refractivity contribution >= 4 is 43.3 Å². The number of anilines is 1. The lowest BCUT2D eigenvalue weighted by molar-refractivity contribution is 0.102. The molecule has 0 radical (unpaired) electrons. The zero-order valence-electron chi connectivity index (χ0n) is 18.4. The number of fused-ring (bicyclic) bond motifs is 1. The highest BCUT2D eigenvalue weighted by atomic mass is 32.2. The molecule has 0 bridgehead atoms. The Hall–Kier alpha value is -3.01. The first-order valence-corrected chi connectivity index (χ1v) is 13.1. The van der Waals surface area contributed by atoms with E-state index in [1.54, 1.807) is 19.1 Å². The number of aromatic amines is 1. The van der Waals surface area contributed by atoms with E-state index in [4.69, 9.17) is 0 Å². The standard InChI is InChI=1S/C24H24N4O3S2/c1-15-9-10-17(33(30,31)28-11-5-6-12-28)13-19(15)23(29)27-24-26-21(14-32-24)22-16(2)25-20-8-4-3-7-18(20)22/h3-4,7-10,13-14,25H,5-6,11-12H2,1-2H3,(H,26,27,29). The molecule has 1 fully saturated rings. The third-order valence-corrected chi connectivity index (χ3v) is 8.68. The van der Waals surface area contributed by atoms with E-state index in [9.17, 15) is 13.2 Å². The molecule has 4 aromatic rings. The average Bonchev–Trinajstić information content (AvgIpc) is 3.53. The number of H-pyrrole nitrogens is 1. The van der Waals surface area contributed by atoms with Crippen molar-refractivity contribution in [1.29, 1.82) is 0 Å². The maximum absolute atomic E-state index is 13.1. The molecule has 0 saturated carbocycles. The van der Waals surface area contributed by atoms with Crippen molar-refractivity contribution in [3.05, 3.63) is 64.7 Å². The maximum atomic E-state index is 13.1. The van der Waals surface area contributed by atoms with Crippen molar-refractivity contribution in [3.8, 4) is 11.3 Å². The van der Waals surface area contributed by atoms with E-state index in [2.05, 4.69) is 15.3 Å². The molecule has 2 N–H and O–H groups in total. The van der Waals surface area contributed by atoms with E-state index in [-0.39, 0.29) is 10.8 Å². The topological polar surface area (TPSA) is 95.2 Å². The second kappa shape index (κ2) is 8.40. The number of amides is 1. The smallest absolute Gasteiger partial charge is 0.257 e. The van der Waals surface area contributed by atoms with E-state index in [1.165, 1.54) is 21.7 Å². The molecule has 9 heteroatoms. The van der Waals surface area contributed by atoms with E-state index in [0.29, 0.717) is 29.3 Å². The molecule has 3 heterocycles. The van der Waals surface area contributed by atoms with Gasteiger partial charge in [0, 0.05) is 46.2 Å². The van der Waals surface area contributed by atoms with Gasteiger partial charge in [-0.15, -0.1) is 11.3 Å². The first-order chi connectivity index (χ1) is 15.8. The van der Waals surface area contributed by atoms with Crippen LogP contribution in [0.1, 0.15) is 34.5 Å². The summed E-state index contributed by atoms with van der Waals surface area (Å²) >= 11 is 1.34. The lowest BCUT2D eigenvalue weighted by Crippen LogP contribution is -2.28. The molecule has 1 aliphatic rings. The van der Waals surface area contributed by atoms with E-state index < -0.39 is 10.0 Å². The lowest BCUT2D eigenvalue weighted by atomic mass is 10.1. The highest BCUT2D eigenvalue weighted by Gasteiger charge is 2.28. The van der Waals surface area contributed by atoms with Crippen molar-refractivity contribution in [2.24, 2.45) is 0 Å². The summed E-state index contributed by atoms with van der Waals surface area (Å²) in [6.07, 6.45) is 1.72. The fraction of sp³-hybridized carbons (Fsp3) is 0.250.